The van der Waals surface area contributed by atoms with E-state index in [1.807, 2.05) is 42.5 Å². The molecule has 0 atom stereocenters. The minimum atomic E-state index is -0.468. The molecule has 0 N–H and O–H groups in total. The Labute approximate surface area is 168 Å². The summed E-state index contributed by atoms with van der Waals surface area (Å²) in [6.07, 6.45) is 1.91. The first-order chi connectivity index (χ1) is 13.6. The van der Waals surface area contributed by atoms with Crippen LogP contribution in [0.15, 0.2) is 58.1 Å². The van der Waals surface area contributed by atoms with Crippen molar-refractivity contribution in [2.75, 3.05) is 7.11 Å². The van der Waals surface area contributed by atoms with Crippen LogP contribution in [0.5, 0.6) is 5.75 Å². The van der Waals surface area contributed by atoms with Crippen LogP contribution in [0.2, 0.25) is 5.02 Å². The van der Waals surface area contributed by atoms with Gasteiger partial charge in [-0.1, -0.05) is 59.3 Å². The second kappa shape index (κ2) is 7.53. The van der Waals surface area contributed by atoms with Gasteiger partial charge in [-0.15, -0.1) is 0 Å². The Kier molecular flexibility index (Phi) is 4.93. The van der Waals surface area contributed by atoms with E-state index in [9.17, 15) is 9.59 Å². The van der Waals surface area contributed by atoms with Crippen LogP contribution in [0.1, 0.15) is 16.8 Å². The Morgan fingerprint density at radius 3 is 2.68 bits per heavy atom. The standard InChI is InChI=1S/C20H14ClN3O3S/c1-27-16-9-5-3-7-13(16)11-17-19(26)24-20(28-17)22-18(25)15(23-24)10-12-6-2-4-8-14(12)21/h2-9,11H,10H2,1H3/b17-11-. The third-order valence-corrected chi connectivity index (χ3v) is 5.52. The predicted octanol–water partition coefficient (Wildman–Crippen LogP) is 2.31. The summed E-state index contributed by atoms with van der Waals surface area (Å²) in [5, 5.41) is 4.78. The van der Waals surface area contributed by atoms with E-state index >= 15 is 0 Å². The zero-order valence-corrected chi connectivity index (χ0v) is 16.3. The second-order valence-corrected chi connectivity index (χ2v) is 7.40. The molecule has 0 spiro atoms. The molecular weight excluding hydrogens is 398 g/mol. The molecule has 0 saturated carbocycles. The first-order valence-electron chi connectivity index (χ1n) is 8.38. The molecule has 8 heteroatoms. The summed E-state index contributed by atoms with van der Waals surface area (Å²) in [7, 11) is 1.57. The summed E-state index contributed by atoms with van der Waals surface area (Å²) in [6, 6.07) is 14.5. The maximum Gasteiger partial charge on any atom is 0.296 e. The summed E-state index contributed by atoms with van der Waals surface area (Å²) in [5.41, 5.74) is 0.875. The largest absolute Gasteiger partial charge is 0.496 e. The van der Waals surface area contributed by atoms with Gasteiger partial charge in [0.2, 0.25) is 4.96 Å². The molecule has 2 aromatic heterocycles. The van der Waals surface area contributed by atoms with Crippen molar-refractivity contribution in [1.82, 2.24) is 14.6 Å². The molecular formula is C20H14ClN3O3S. The number of methoxy groups -OCH3 is 1. The van der Waals surface area contributed by atoms with E-state index in [2.05, 4.69) is 10.1 Å². The summed E-state index contributed by atoms with van der Waals surface area (Å²) < 4.78 is 6.90. The molecule has 140 valence electrons. The second-order valence-electron chi connectivity index (χ2n) is 5.98. The Bertz CT molecular complexity index is 1350. The Morgan fingerprint density at radius 2 is 1.89 bits per heavy atom. The third-order valence-electron chi connectivity index (χ3n) is 4.19. The number of rotatable bonds is 4. The van der Waals surface area contributed by atoms with Crippen LogP contribution in [0.4, 0.5) is 0 Å². The van der Waals surface area contributed by atoms with Crippen molar-refractivity contribution in [2.45, 2.75) is 6.42 Å². The molecule has 6 nitrogen and oxygen atoms in total. The lowest BCUT2D eigenvalue weighted by molar-refractivity contribution is 0.414. The molecule has 0 radical (unpaired) electrons. The number of para-hydroxylation sites is 1. The number of fused-ring (bicyclic) bond motifs is 1. The zero-order chi connectivity index (χ0) is 19.7. The van der Waals surface area contributed by atoms with Crippen molar-refractivity contribution in [3.05, 3.63) is 95.6 Å². The lowest BCUT2D eigenvalue weighted by atomic mass is 10.1. The van der Waals surface area contributed by atoms with Gasteiger partial charge in [0, 0.05) is 17.0 Å². The minimum absolute atomic E-state index is 0.171. The number of ether oxygens (including phenoxy) is 1. The van der Waals surface area contributed by atoms with Gasteiger partial charge in [-0.2, -0.15) is 14.6 Å². The Balaban J connectivity index is 1.84. The normalized spacial score (nSPS) is 11.9. The fourth-order valence-electron chi connectivity index (χ4n) is 2.80. The average Bonchev–Trinajstić information content (AvgIpc) is 2.99. The van der Waals surface area contributed by atoms with Crippen molar-refractivity contribution < 1.29 is 4.74 Å². The SMILES string of the molecule is COc1ccccc1/C=c1\sc2nc(=O)c(Cc3ccccc3Cl)nn2c1=O. The third kappa shape index (κ3) is 3.42. The van der Waals surface area contributed by atoms with Crippen molar-refractivity contribution >= 4 is 34.0 Å². The van der Waals surface area contributed by atoms with Gasteiger partial charge in [0.05, 0.1) is 11.6 Å². The number of benzene rings is 2. The van der Waals surface area contributed by atoms with E-state index in [0.29, 0.717) is 15.3 Å². The molecule has 0 saturated heterocycles. The lowest BCUT2D eigenvalue weighted by Gasteiger charge is -2.02. The molecule has 4 aromatic rings. The zero-order valence-electron chi connectivity index (χ0n) is 14.8. The first-order valence-corrected chi connectivity index (χ1v) is 9.57. The van der Waals surface area contributed by atoms with Crippen LogP contribution >= 0.6 is 22.9 Å². The maximum absolute atomic E-state index is 12.8. The highest BCUT2D eigenvalue weighted by atomic mass is 35.5. The summed E-state index contributed by atoms with van der Waals surface area (Å²) in [5.74, 6) is 0.647. The van der Waals surface area contributed by atoms with Crippen molar-refractivity contribution in [3.63, 3.8) is 0 Å². The van der Waals surface area contributed by atoms with Crippen molar-refractivity contribution in [2.24, 2.45) is 0 Å². The predicted molar refractivity (Wildman–Crippen MR) is 109 cm³/mol. The van der Waals surface area contributed by atoms with E-state index in [-0.39, 0.29) is 22.6 Å². The van der Waals surface area contributed by atoms with Gasteiger partial charge in [-0.05, 0) is 23.8 Å². The topological polar surface area (TPSA) is 73.6 Å². The first kappa shape index (κ1) is 18.3. The molecule has 2 heterocycles. The summed E-state index contributed by atoms with van der Waals surface area (Å²) in [4.78, 5) is 29.4. The summed E-state index contributed by atoms with van der Waals surface area (Å²) >= 11 is 7.28. The van der Waals surface area contributed by atoms with Crippen LogP contribution < -0.4 is 20.4 Å². The average molecular weight is 412 g/mol. The number of hydrogen-bond donors (Lipinski definition) is 0. The highest BCUT2D eigenvalue weighted by Gasteiger charge is 2.13. The molecule has 28 heavy (non-hydrogen) atoms. The van der Waals surface area contributed by atoms with Crippen LogP contribution in [0.3, 0.4) is 0 Å². The molecule has 4 rings (SSSR count). The van der Waals surface area contributed by atoms with E-state index < -0.39 is 5.56 Å². The fourth-order valence-corrected chi connectivity index (χ4v) is 3.90. The van der Waals surface area contributed by atoms with Gasteiger partial charge < -0.3 is 4.74 Å². The number of thiazole rings is 1. The van der Waals surface area contributed by atoms with Crippen LogP contribution in [0.25, 0.3) is 11.0 Å². The van der Waals surface area contributed by atoms with Gasteiger partial charge in [-0.3, -0.25) is 9.59 Å². The highest BCUT2D eigenvalue weighted by Crippen LogP contribution is 2.18. The maximum atomic E-state index is 12.8. The Morgan fingerprint density at radius 1 is 1.14 bits per heavy atom. The van der Waals surface area contributed by atoms with Crippen LogP contribution in [0, 0.1) is 0 Å². The number of aromatic nitrogens is 3. The van der Waals surface area contributed by atoms with E-state index in [0.717, 1.165) is 22.5 Å². The molecule has 0 aliphatic rings. The van der Waals surface area contributed by atoms with E-state index in [1.54, 1.807) is 19.3 Å². The monoisotopic (exact) mass is 411 g/mol. The van der Waals surface area contributed by atoms with Crippen LogP contribution in [-0.2, 0) is 6.42 Å². The van der Waals surface area contributed by atoms with Gasteiger partial charge >= 0.3 is 0 Å². The number of nitrogens with zero attached hydrogens (tertiary/aromatic N) is 3. The van der Waals surface area contributed by atoms with Crippen LogP contribution in [-0.4, -0.2) is 21.7 Å². The van der Waals surface area contributed by atoms with Gasteiger partial charge in [0.25, 0.3) is 11.1 Å². The molecule has 2 aromatic carbocycles. The number of hydrogen-bond acceptors (Lipinski definition) is 6. The molecule has 0 bridgehead atoms. The molecule has 0 unspecified atom stereocenters. The highest BCUT2D eigenvalue weighted by molar-refractivity contribution is 7.15. The smallest absolute Gasteiger partial charge is 0.296 e. The van der Waals surface area contributed by atoms with Gasteiger partial charge in [0.15, 0.2) is 0 Å². The van der Waals surface area contributed by atoms with Gasteiger partial charge in [-0.25, -0.2) is 0 Å². The fraction of sp³-hybridized carbons (Fsp3) is 0.100. The molecule has 0 amide bonds. The number of halogens is 1. The van der Waals surface area contributed by atoms with E-state index in [4.69, 9.17) is 16.3 Å². The van der Waals surface area contributed by atoms with E-state index in [1.165, 1.54) is 4.52 Å². The van der Waals surface area contributed by atoms with Gasteiger partial charge in [0.1, 0.15) is 11.4 Å². The summed E-state index contributed by atoms with van der Waals surface area (Å²) in [6.45, 7) is 0. The quantitative estimate of drug-likeness (QED) is 0.515. The molecule has 0 aliphatic carbocycles. The lowest BCUT2D eigenvalue weighted by Crippen LogP contribution is -2.28. The van der Waals surface area contributed by atoms with Crippen molar-refractivity contribution in [1.29, 1.82) is 0 Å². The molecule has 0 fully saturated rings. The Hall–Kier alpha value is -3.03. The van der Waals surface area contributed by atoms with Crippen molar-refractivity contribution in [3.8, 4) is 5.75 Å². The molecule has 0 aliphatic heterocycles. The minimum Gasteiger partial charge on any atom is -0.496 e.